The highest BCUT2D eigenvalue weighted by Gasteiger charge is 2.26. The quantitative estimate of drug-likeness (QED) is 0.313. The van der Waals surface area contributed by atoms with Gasteiger partial charge < -0.3 is 15.1 Å². The number of nitrogens with one attached hydrogen (secondary N) is 2. The summed E-state index contributed by atoms with van der Waals surface area (Å²) in [6, 6.07) is 4.23. The average Bonchev–Trinajstić information content (AvgIpc) is 2.78. The topological polar surface area (TPSA) is 49.6 Å². The highest BCUT2D eigenvalue weighted by molar-refractivity contribution is 14.0. The number of hydrogen-bond acceptors (Lipinski definition) is 2. The highest BCUT2D eigenvalue weighted by atomic mass is 127. The van der Waals surface area contributed by atoms with E-state index in [2.05, 4.69) is 15.6 Å². The second-order valence-corrected chi connectivity index (χ2v) is 5.01. The Bertz CT molecular complexity index is 713. The highest BCUT2D eigenvalue weighted by Crippen LogP contribution is 2.25. The van der Waals surface area contributed by atoms with Crippen LogP contribution in [0.15, 0.2) is 27.6 Å². The number of aliphatic imine (C=N–C) groups is 1. The fourth-order valence-electron chi connectivity index (χ4n) is 2.12. The van der Waals surface area contributed by atoms with Gasteiger partial charge in [0.2, 0.25) is 0 Å². The van der Waals surface area contributed by atoms with Gasteiger partial charge in [0, 0.05) is 24.5 Å². The van der Waals surface area contributed by atoms with E-state index in [1.54, 1.807) is 6.92 Å². The summed E-state index contributed by atoms with van der Waals surface area (Å²) < 4.78 is 55.2. The first-order valence-corrected chi connectivity index (χ1v) is 6.99. The molecule has 0 aliphatic carbocycles. The molecule has 1 heterocycles. The van der Waals surface area contributed by atoms with E-state index in [-0.39, 0.29) is 48.8 Å². The summed E-state index contributed by atoms with van der Waals surface area (Å²) in [4.78, 5) is 3.85. The molecule has 0 saturated carbocycles. The van der Waals surface area contributed by atoms with Crippen LogP contribution in [0.4, 0.5) is 17.6 Å². The monoisotopic (exact) mass is 459 g/mol. The van der Waals surface area contributed by atoms with Gasteiger partial charge in [-0.05, 0) is 25.1 Å². The maximum atomic E-state index is 13.3. The number of alkyl halides is 3. The molecule has 0 radical (unpaired) electrons. The van der Waals surface area contributed by atoms with Crippen LogP contribution in [0.5, 0.6) is 0 Å². The van der Waals surface area contributed by atoms with Crippen LogP contribution in [-0.4, -0.2) is 25.7 Å². The van der Waals surface area contributed by atoms with Gasteiger partial charge in [-0.2, -0.15) is 13.2 Å². The number of hydrogen-bond donors (Lipinski definition) is 2. The molecule has 0 fully saturated rings. The van der Waals surface area contributed by atoms with Crippen LogP contribution < -0.4 is 10.6 Å². The molecule has 9 heteroatoms. The van der Waals surface area contributed by atoms with Gasteiger partial charge in [-0.15, -0.1) is 24.0 Å². The zero-order valence-electron chi connectivity index (χ0n) is 13.1. The number of nitrogens with zero attached hydrogens (tertiary/aromatic N) is 1. The lowest BCUT2D eigenvalue weighted by Gasteiger charge is -2.12. The fraction of sp³-hybridized carbons (Fsp3) is 0.400. The van der Waals surface area contributed by atoms with Crippen LogP contribution >= 0.6 is 24.0 Å². The lowest BCUT2D eigenvalue weighted by molar-refractivity contribution is -0.132. The first-order valence-electron chi connectivity index (χ1n) is 6.99. The largest absolute Gasteiger partial charge is 0.459 e. The van der Waals surface area contributed by atoms with Crippen molar-refractivity contribution in [2.45, 2.75) is 26.1 Å². The molecule has 0 atom stereocenters. The molecule has 134 valence electrons. The van der Waals surface area contributed by atoms with Gasteiger partial charge in [0.05, 0.1) is 13.0 Å². The third-order valence-corrected chi connectivity index (χ3v) is 3.34. The van der Waals surface area contributed by atoms with Gasteiger partial charge in [0.1, 0.15) is 17.2 Å². The van der Waals surface area contributed by atoms with Crippen LogP contribution in [0.25, 0.3) is 11.0 Å². The van der Waals surface area contributed by atoms with Crippen LogP contribution in [0.3, 0.4) is 0 Å². The summed E-state index contributed by atoms with van der Waals surface area (Å²) in [6.07, 6.45) is -5.16. The average molecular weight is 459 g/mol. The molecule has 1 aromatic carbocycles. The van der Waals surface area contributed by atoms with Gasteiger partial charge in [-0.3, -0.25) is 4.99 Å². The number of aryl methyl sites for hydroxylation is 1. The van der Waals surface area contributed by atoms with E-state index in [1.807, 2.05) is 0 Å². The molecule has 0 saturated heterocycles. The molecule has 0 spiro atoms. The normalized spacial score (nSPS) is 12.2. The number of rotatable bonds is 4. The van der Waals surface area contributed by atoms with E-state index in [1.165, 1.54) is 25.2 Å². The van der Waals surface area contributed by atoms with Crippen molar-refractivity contribution in [2.24, 2.45) is 4.99 Å². The third kappa shape index (κ3) is 5.53. The minimum Gasteiger partial charge on any atom is -0.459 e. The summed E-state index contributed by atoms with van der Waals surface area (Å²) in [6.45, 7) is 1.75. The van der Waals surface area contributed by atoms with E-state index in [4.69, 9.17) is 4.42 Å². The molecule has 2 rings (SSSR count). The Morgan fingerprint density at radius 3 is 2.58 bits per heavy atom. The van der Waals surface area contributed by atoms with Gasteiger partial charge >= 0.3 is 6.18 Å². The molecule has 0 unspecified atom stereocenters. The molecular weight excluding hydrogens is 441 g/mol. The van der Waals surface area contributed by atoms with E-state index in [9.17, 15) is 17.6 Å². The Morgan fingerprint density at radius 1 is 1.25 bits per heavy atom. The van der Waals surface area contributed by atoms with Crippen molar-refractivity contribution < 1.29 is 22.0 Å². The van der Waals surface area contributed by atoms with Crippen molar-refractivity contribution >= 4 is 40.9 Å². The Morgan fingerprint density at radius 2 is 1.96 bits per heavy atom. The third-order valence-electron chi connectivity index (χ3n) is 3.34. The maximum absolute atomic E-state index is 13.3. The number of furan rings is 1. The summed E-state index contributed by atoms with van der Waals surface area (Å²) in [5.74, 6) is 0.454. The molecular formula is C15H18F4IN3O. The lowest BCUT2D eigenvalue weighted by atomic mass is 10.1. The van der Waals surface area contributed by atoms with E-state index < -0.39 is 12.6 Å². The Hall–Kier alpha value is -1.52. The van der Waals surface area contributed by atoms with Crippen molar-refractivity contribution in [3.05, 3.63) is 35.3 Å². The van der Waals surface area contributed by atoms with Crippen molar-refractivity contribution in [1.82, 2.24) is 10.6 Å². The standard InChI is InChI=1S/C15H17F4N3O.HI/c1-9-11-7-10(16)3-4-12(11)23-13(9)8-22-14(20-2)21-6-5-15(17,18)19;/h3-4,7H,5-6,8H2,1-2H3,(H2,20,21,22);1H. The first-order chi connectivity index (χ1) is 10.8. The number of benzene rings is 1. The van der Waals surface area contributed by atoms with Gasteiger partial charge in [0.15, 0.2) is 5.96 Å². The molecule has 0 aliphatic heterocycles. The molecule has 0 amide bonds. The van der Waals surface area contributed by atoms with Crippen molar-refractivity contribution in [3.63, 3.8) is 0 Å². The summed E-state index contributed by atoms with van der Waals surface area (Å²) >= 11 is 0. The molecule has 24 heavy (non-hydrogen) atoms. The minimum absolute atomic E-state index is 0. The van der Waals surface area contributed by atoms with Crippen molar-refractivity contribution in [1.29, 1.82) is 0 Å². The van der Waals surface area contributed by atoms with Crippen molar-refractivity contribution in [2.75, 3.05) is 13.6 Å². The SMILES string of the molecule is CN=C(NCCC(F)(F)F)NCc1oc2ccc(F)cc2c1C.I. The molecule has 0 aliphatic rings. The smallest absolute Gasteiger partial charge is 0.390 e. The lowest BCUT2D eigenvalue weighted by Crippen LogP contribution is -2.38. The molecule has 2 N–H and O–H groups in total. The zero-order valence-corrected chi connectivity index (χ0v) is 15.5. The van der Waals surface area contributed by atoms with Crippen LogP contribution in [0.2, 0.25) is 0 Å². The first kappa shape index (κ1) is 20.5. The molecule has 4 nitrogen and oxygen atoms in total. The van der Waals surface area contributed by atoms with Gasteiger partial charge in [0.25, 0.3) is 0 Å². The summed E-state index contributed by atoms with van der Waals surface area (Å²) in [5, 5.41) is 6.12. The van der Waals surface area contributed by atoms with Gasteiger partial charge in [-0.25, -0.2) is 4.39 Å². The Kier molecular flexibility index (Phi) is 7.30. The van der Waals surface area contributed by atoms with Crippen molar-refractivity contribution in [3.8, 4) is 0 Å². The van der Waals surface area contributed by atoms with Crippen LogP contribution in [0.1, 0.15) is 17.7 Å². The maximum Gasteiger partial charge on any atom is 0.390 e. The zero-order chi connectivity index (χ0) is 17.0. The second kappa shape index (κ2) is 8.54. The minimum atomic E-state index is -4.22. The predicted molar refractivity (Wildman–Crippen MR) is 95.2 cm³/mol. The van der Waals surface area contributed by atoms with Gasteiger partial charge in [-0.1, -0.05) is 0 Å². The predicted octanol–water partition coefficient (Wildman–Crippen LogP) is 4.12. The molecule has 1 aromatic heterocycles. The van der Waals surface area contributed by atoms with E-state index in [0.29, 0.717) is 16.7 Å². The van der Waals surface area contributed by atoms with Crippen LogP contribution in [-0.2, 0) is 6.54 Å². The Balaban J connectivity index is 0.00000288. The van der Waals surface area contributed by atoms with Crippen LogP contribution in [0, 0.1) is 12.7 Å². The van der Waals surface area contributed by atoms with E-state index >= 15 is 0 Å². The number of guanidine groups is 1. The fourth-order valence-corrected chi connectivity index (χ4v) is 2.12. The summed E-state index contributed by atoms with van der Waals surface area (Å²) in [5.41, 5.74) is 1.33. The Labute approximate surface area is 153 Å². The summed E-state index contributed by atoms with van der Waals surface area (Å²) in [7, 11) is 1.46. The molecule has 0 bridgehead atoms. The number of halogens is 5. The second-order valence-electron chi connectivity index (χ2n) is 5.01. The number of fused-ring (bicyclic) bond motifs is 1. The van der Waals surface area contributed by atoms with E-state index in [0.717, 1.165) is 5.56 Å². The molecule has 2 aromatic rings.